The van der Waals surface area contributed by atoms with Crippen LogP contribution in [0.3, 0.4) is 0 Å². The molecule has 1 aromatic heterocycles. The molecule has 0 saturated heterocycles. The number of halogens is 1. The Morgan fingerprint density at radius 1 is 1.22 bits per heavy atom. The van der Waals surface area contributed by atoms with Crippen molar-refractivity contribution >= 4 is 23.4 Å². The lowest BCUT2D eigenvalue weighted by Gasteiger charge is -2.07. The second-order valence-electron chi connectivity index (χ2n) is 4.87. The van der Waals surface area contributed by atoms with E-state index in [0.29, 0.717) is 24.4 Å². The van der Waals surface area contributed by atoms with E-state index in [1.807, 2.05) is 0 Å². The third-order valence-electron chi connectivity index (χ3n) is 3.23. The smallest absolute Gasteiger partial charge is 0.191 e. The van der Waals surface area contributed by atoms with Crippen LogP contribution in [0.15, 0.2) is 5.16 Å². The summed E-state index contributed by atoms with van der Waals surface area (Å²) in [7, 11) is 0. The number of thioether (sulfide) groups is 1. The van der Waals surface area contributed by atoms with E-state index >= 15 is 0 Å². The van der Waals surface area contributed by atoms with Gasteiger partial charge in [-0.05, 0) is 25.7 Å². The minimum Gasteiger partial charge on any atom is -0.379 e. The Balaban J connectivity index is 1.57. The second kappa shape index (κ2) is 5.80. The predicted octanol–water partition coefficient (Wildman–Crippen LogP) is 2.84. The van der Waals surface area contributed by atoms with Gasteiger partial charge < -0.3 is 9.30 Å². The fourth-order valence-corrected chi connectivity index (χ4v) is 3.00. The Labute approximate surface area is 116 Å². The second-order valence-corrected chi connectivity index (χ2v) is 6.31. The molecule has 2 aliphatic carbocycles. The maximum absolute atomic E-state index is 5.56. The minimum atomic E-state index is 0.564. The van der Waals surface area contributed by atoms with Crippen molar-refractivity contribution in [2.45, 2.75) is 42.8 Å². The van der Waals surface area contributed by atoms with Gasteiger partial charge in [-0.3, -0.25) is 0 Å². The Bertz CT molecular complexity index is 404. The van der Waals surface area contributed by atoms with Gasteiger partial charge in [0.25, 0.3) is 0 Å². The molecule has 1 aromatic rings. The van der Waals surface area contributed by atoms with E-state index in [0.717, 1.165) is 17.5 Å². The molecule has 0 radical (unpaired) electrons. The first-order valence-electron chi connectivity index (χ1n) is 6.61. The van der Waals surface area contributed by atoms with Crippen LogP contribution in [-0.2, 0) is 4.74 Å². The highest BCUT2D eigenvalue weighted by molar-refractivity contribution is 7.99. The molecule has 2 saturated carbocycles. The molecule has 2 fully saturated rings. The van der Waals surface area contributed by atoms with Crippen molar-refractivity contribution in [3.05, 3.63) is 5.82 Å². The lowest BCUT2D eigenvalue weighted by molar-refractivity contribution is 0.166. The van der Waals surface area contributed by atoms with E-state index in [2.05, 4.69) is 14.8 Å². The molecule has 1 heterocycles. The number of nitrogens with zero attached hydrogens (tertiary/aromatic N) is 3. The first-order chi connectivity index (χ1) is 8.90. The zero-order chi connectivity index (χ0) is 12.4. The highest BCUT2D eigenvalue weighted by Crippen LogP contribution is 2.45. The van der Waals surface area contributed by atoms with Gasteiger partial charge in [0.1, 0.15) is 5.82 Å². The van der Waals surface area contributed by atoms with Crippen molar-refractivity contribution in [3.8, 4) is 0 Å². The standard InChI is InChI=1S/C12H18ClN3OS/c13-5-6-17-7-8-18-12-15-14-11(9-1-2-9)16(12)10-3-4-10/h9-10H,1-8H2. The van der Waals surface area contributed by atoms with E-state index in [1.54, 1.807) is 11.8 Å². The number of ether oxygens (including phenoxy) is 1. The Morgan fingerprint density at radius 2 is 2.06 bits per heavy atom. The van der Waals surface area contributed by atoms with E-state index in [-0.39, 0.29) is 0 Å². The maximum atomic E-state index is 5.56. The van der Waals surface area contributed by atoms with Crippen LogP contribution in [0.4, 0.5) is 0 Å². The number of alkyl halides is 1. The summed E-state index contributed by atoms with van der Waals surface area (Å²) in [6.07, 6.45) is 5.14. The molecular weight excluding hydrogens is 270 g/mol. The fraction of sp³-hybridized carbons (Fsp3) is 0.833. The van der Waals surface area contributed by atoms with Crippen LogP contribution >= 0.6 is 23.4 Å². The molecule has 0 N–H and O–H groups in total. The number of rotatable bonds is 8. The van der Waals surface area contributed by atoms with Gasteiger partial charge >= 0.3 is 0 Å². The third-order valence-corrected chi connectivity index (χ3v) is 4.29. The van der Waals surface area contributed by atoms with Gasteiger partial charge in [-0.15, -0.1) is 21.8 Å². The molecule has 4 nitrogen and oxygen atoms in total. The van der Waals surface area contributed by atoms with Crippen LogP contribution in [-0.4, -0.2) is 39.6 Å². The van der Waals surface area contributed by atoms with Crippen molar-refractivity contribution in [3.63, 3.8) is 0 Å². The molecule has 0 bridgehead atoms. The van der Waals surface area contributed by atoms with Crippen molar-refractivity contribution in [1.29, 1.82) is 0 Å². The van der Waals surface area contributed by atoms with Crippen LogP contribution in [0.5, 0.6) is 0 Å². The summed E-state index contributed by atoms with van der Waals surface area (Å²) in [5.74, 6) is 3.39. The first-order valence-corrected chi connectivity index (χ1v) is 8.13. The summed E-state index contributed by atoms with van der Waals surface area (Å²) in [5.41, 5.74) is 0. The van der Waals surface area contributed by atoms with Crippen LogP contribution in [0.2, 0.25) is 0 Å². The molecule has 0 amide bonds. The average Bonchev–Trinajstić information content (AvgIpc) is 3.28. The lowest BCUT2D eigenvalue weighted by Crippen LogP contribution is -2.04. The Hall–Kier alpha value is -0.260. The molecule has 100 valence electrons. The van der Waals surface area contributed by atoms with E-state index < -0.39 is 0 Å². The van der Waals surface area contributed by atoms with Crippen molar-refractivity contribution in [2.24, 2.45) is 0 Å². The van der Waals surface area contributed by atoms with Crippen LogP contribution in [0, 0.1) is 0 Å². The molecule has 3 rings (SSSR count). The molecule has 0 unspecified atom stereocenters. The monoisotopic (exact) mass is 287 g/mol. The minimum absolute atomic E-state index is 0.564. The number of hydrogen-bond donors (Lipinski definition) is 0. The average molecular weight is 288 g/mol. The van der Waals surface area contributed by atoms with Crippen molar-refractivity contribution < 1.29 is 4.74 Å². The predicted molar refractivity (Wildman–Crippen MR) is 72.5 cm³/mol. The molecule has 6 heteroatoms. The van der Waals surface area contributed by atoms with Gasteiger partial charge in [0.05, 0.1) is 13.2 Å². The number of aromatic nitrogens is 3. The lowest BCUT2D eigenvalue weighted by atomic mass is 10.4. The van der Waals surface area contributed by atoms with Gasteiger partial charge in [0.2, 0.25) is 0 Å². The largest absolute Gasteiger partial charge is 0.379 e. The molecule has 0 aromatic carbocycles. The van der Waals surface area contributed by atoms with Crippen molar-refractivity contribution in [1.82, 2.24) is 14.8 Å². The molecular formula is C12H18ClN3OS. The summed E-state index contributed by atoms with van der Waals surface area (Å²) in [5, 5.41) is 9.81. The summed E-state index contributed by atoms with van der Waals surface area (Å²) in [6.45, 7) is 1.36. The van der Waals surface area contributed by atoms with Gasteiger partial charge in [0, 0.05) is 23.6 Å². The van der Waals surface area contributed by atoms with Gasteiger partial charge in [-0.1, -0.05) is 11.8 Å². The van der Waals surface area contributed by atoms with Crippen LogP contribution in [0.1, 0.15) is 43.5 Å². The Kier molecular flexibility index (Phi) is 4.11. The first kappa shape index (κ1) is 12.8. The summed E-state index contributed by atoms with van der Waals surface area (Å²) >= 11 is 7.31. The highest BCUT2D eigenvalue weighted by Gasteiger charge is 2.36. The molecule has 0 spiro atoms. The zero-order valence-electron chi connectivity index (χ0n) is 10.3. The van der Waals surface area contributed by atoms with Crippen LogP contribution in [0.25, 0.3) is 0 Å². The Morgan fingerprint density at radius 3 is 2.72 bits per heavy atom. The summed E-state index contributed by atoms with van der Waals surface area (Å²) in [6, 6.07) is 0.668. The van der Waals surface area contributed by atoms with Gasteiger partial charge in [-0.2, -0.15) is 0 Å². The quantitative estimate of drug-likeness (QED) is 0.419. The summed E-state index contributed by atoms with van der Waals surface area (Å²) in [4.78, 5) is 0. The normalized spacial score (nSPS) is 19.4. The fourth-order valence-electron chi connectivity index (χ4n) is 2.03. The van der Waals surface area contributed by atoms with E-state index in [9.17, 15) is 0 Å². The maximum Gasteiger partial charge on any atom is 0.191 e. The van der Waals surface area contributed by atoms with Crippen molar-refractivity contribution in [2.75, 3.05) is 24.8 Å². The van der Waals surface area contributed by atoms with Gasteiger partial charge in [-0.25, -0.2) is 0 Å². The summed E-state index contributed by atoms with van der Waals surface area (Å²) < 4.78 is 7.76. The molecule has 0 atom stereocenters. The zero-order valence-corrected chi connectivity index (χ0v) is 11.9. The third kappa shape index (κ3) is 3.00. The van der Waals surface area contributed by atoms with Gasteiger partial charge in [0.15, 0.2) is 5.16 Å². The molecule has 0 aliphatic heterocycles. The SMILES string of the molecule is ClCCOCCSc1nnc(C2CC2)n1C1CC1. The van der Waals surface area contributed by atoms with Crippen LogP contribution < -0.4 is 0 Å². The van der Waals surface area contributed by atoms with E-state index in [1.165, 1.54) is 31.5 Å². The number of hydrogen-bond acceptors (Lipinski definition) is 4. The molecule has 18 heavy (non-hydrogen) atoms. The van der Waals surface area contributed by atoms with E-state index in [4.69, 9.17) is 16.3 Å². The topological polar surface area (TPSA) is 39.9 Å². The molecule has 2 aliphatic rings. The highest BCUT2D eigenvalue weighted by atomic mass is 35.5.